The highest BCUT2D eigenvalue weighted by atomic mass is 15.0. The van der Waals surface area contributed by atoms with Gasteiger partial charge in [0.05, 0.1) is 5.52 Å². The minimum atomic E-state index is 0.506. The van der Waals surface area contributed by atoms with Gasteiger partial charge in [0.25, 0.3) is 0 Å². The van der Waals surface area contributed by atoms with Crippen LogP contribution in [0.4, 0.5) is 0 Å². The van der Waals surface area contributed by atoms with E-state index in [4.69, 9.17) is 0 Å². The van der Waals surface area contributed by atoms with Crippen LogP contribution in [0.1, 0.15) is 38.1 Å². The third-order valence-corrected chi connectivity index (χ3v) is 3.67. The van der Waals surface area contributed by atoms with Crippen LogP contribution in [0, 0.1) is 6.92 Å². The Morgan fingerprint density at radius 2 is 1.94 bits per heavy atom. The lowest BCUT2D eigenvalue weighted by Gasteiger charge is -2.17. The number of nitrogens with one attached hydrogen (secondary N) is 1. The lowest BCUT2D eigenvalue weighted by molar-refractivity contribution is 0.591. The topological polar surface area (TPSA) is 17.0 Å². The third-order valence-electron chi connectivity index (χ3n) is 3.67. The van der Waals surface area contributed by atoms with Crippen molar-refractivity contribution < 1.29 is 0 Å². The average Bonchev–Trinajstić information content (AvgIpc) is 2.66. The summed E-state index contributed by atoms with van der Waals surface area (Å²) >= 11 is 0. The van der Waals surface area contributed by atoms with E-state index in [1.807, 2.05) is 7.05 Å². The number of rotatable bonds is 4. The van der Waals surface area contributed by atoms with Gasteiger partial charge in [0.1, 0.15) is 0 Å². The predicted molar refractivity (Wildman–Crippen MR) is 79.3 cm³/mol. The van der Waals surface area contributed by atoms with Gasteiger partial charge in [-0.15, -0.1) is 0 Å². The van der Waals surface area contributed by atoms with Crippen molar-refractivity contribution in [1.29, 1.82) is 0 Å². The van der Waals surface area contributed by atoms with Crippen LogP contribution in [0.2, 0.25) is 0 Å². The molecule has 0 fully saturated rings. The molecular weight excluding hydrogens is 220 g/mol. The van der Waals surface area contributed by atoms with Gasteiger partial charge >= 0.3 is 0 Å². The average molecular weight is 244 g/mol. The summed E-state index contributed by atoms with van der Waals surface area (Å²) < 4.78 is 2.45. The smallest absolute Gasteiger partial charge is 0.0517 e. The first-order valence-corrected chi connectivity index (χ1v) is 6.81. The Hall–Kier alpha value is -1.28. The van der Waals surface area contributed by atoms with Crippen LogP contribution in [0.15, 0.2) is 24.3 Å². The molecule has 1 aromatic heterocycles. The lowest BCUT2D eigenvalue weighted by atomic mass is 10.0. The van der Waals surface area contributed by atoms with Crippen molar-refractivity contribution in [3.8, 4) is 0 Å². The maximum atomic E-state index is 3.32. The zero-order chi connectivity index (χ0) is 13.3. The van der Waals surface area contributed by atoms with Gasteiger partial charge in [-0.05, 0) is 52.8 Å². The van der Waals surface area contributed by atoms with Gasteiger partial charge in [0, 0.05) is 23.2 Å². The van der Waals surface area contributed by atoms with Crippen molar-refractivity contribution in [3.63, 3.8) is 0 Å². The largest absolute Gasteiger partial charge is 0.342 e. The zero-order valence-electron chi connectivity index (χ0n) is 12.1. The van der Waals surface area contributed by atoms with Crippen molar-refractivity contribution in [1.82, 2.24) is 9.88 Å². The fraction of sp³-hybridized carbons (Fsp3) is 0.500. The first kappa shape index (κ1) is 13.2. The monoisotopic (exact) mass is 244 g/mol. The highest BCUT2D eigenvalue weighted by molar-refractivity contribution is 5.84. The summed E-state index contributed by atoms with van der Waals surface area (Å²) in [5.41, 5.74) is 4.20. The second-order valence-corrected chi connectivity index (χ2v) is 5.50. The molecule has 2 nitrogen and oxygen atoms in total. The summed E-state index contributed by atoms with van der Waals surface area (Å²) in [5, 5.41) is 4.69. The molecule has 98 valence electrons. The second-order valence-electron chi connectivity index (χ2n) is 5.50. The molecule has 0 radical (unpaired) electrons. The Labute approximate surface area is 110 Å². The summed E-state index contributed by atoms with van der Waals surface area (Å²) in [6.45, 7) is 8.94. The molecule has 2 rings (SSSR count). The predicted octanol–water partition coefficient (Wildman–Crippen LogP) is 3.68. The molecule has 0 aliphatic heterocycles. The number of aryl methyl sites for hydroxylation is 1. The second kappa shape index (κ2) is 5.15. The molecule has 18 heavy (non-hydrogen) atoms. The Bertz CT molecular complexity index is 537. The summed E-state index contributed by atoms with van der Waals surface area (Å²) in [6.07, 6.45) is 1.07. The highest BCUT2D eigenvalue weighted by Gasteiger charge is 2.13. The van der Waals surface area contributed by atoms with Gasteiger partial charge in [0.15, 0.2) is 0 Å². The lowest BCUT2D eigenvalue weighted by Crippen LogP contribution is -2.23. The number of para-hydroxylation sites is 1. The molecule has 0 aliphatic rings. The standard InChI is InChI=1S/C16H24N2/c1-11(2)18-13(4)10-15-8-6-7-14(16(15)18)9-12(3)17-5/h6-8,10-12,17H,9H2,1-5H3. The van der Waals surface area contributed by atoms with E-state index in [-0.39, 0.29) is 0 Å². The molecule has 0 bridgehead atoms. The van der Waals surface area contributed by atoms with Crippen molar-refractivity contribution in [3.05, 3.63) is 35.5 Å². The number of likely N-dealkylation sites (N-methyl/N-ethyl adjacent to an activating group) is 1. The van der Waals surface area contributed by atoms with E-state index in [1.165, 1.54) is 22.2 Å². The van der Waals surface area contributed by atoms with E-state index in [0.29, 0.717) is 12.1 Å². The maximum absolute atomic E-state index is 3.32. The minimum Gasteiger partial charge on any atom is -0.342 e. The Morgan fingerprint density at radius 1 is 1.22 bits per heavy atom. The summed E-state index contributed by atoms with van der Waals surface area (Å²) in [4.78, 5) is 0. The molecule has 1 heterocycles. The molecule has 2 heteroatoms. The van der Waals surface area contributed by atoms with E-state index in [0.717, 1.165) is 6.42 Å². The van der Waals surface area contributed by atoms with Crippen molar-refractivity contribution >= 4 is 10.9 Å². The van der Waals surface area contributed by atoms with Gasteiger partial charge < -0.3 is 9.88 Å². The number of fused-ring (bicyclic) bond motifs is 1. The first-order valence-electron chi connectivity index (χ1n) is 6.81. The van der Waals surface area contributed by atoms with Crippen LogP contribution in [-0.2, 0) is 6.42 Å². The molecule has 0 amide bonds. The Balaban J connectivity index is 2.59. The molecule has 1 aromatic carbocycles. The van der Waals surface area contributed by atoms with Gasteiger partial charge in [-0.1, -0.05) is 18.2 Å². The van der Waals surface area contributed by atoms with Crippen LogP contribution in [0.25, 0.3) is 10.9 Å². The van der Waals surface area contributed by atoms with E-state index in [1.54, 1.807) is 0 Å². The number of aromatic nitrogens is 1. The van der Waals surface area contributed by atoms with Crippen LogP contribution in [0.3, 0.4) is 0 Å². The van der Waals surface area contributed by atoms with Gasteiger partial charge in [0.2, 0.25) is 0 Å². The van der Waals surface area contributed by atoms with Crippen molar-refractivity contribution in [2.45, 2.75) is 46.2 Å². The summed E-state index contributed by atoms with van der Waals surface area (Å²) in [5.74, 6) is 0. The van der Waals surface area contributed by atoms with Crippen LogP contribution in [0.5, 0.6) is 0 Å². The van der Waals surface area contributed by atoms with Gasteiger partial charge in [-0.3, -0.25) is 0 Å². The molecule has 2 aromatic rings. The molecule has 1 unspecified atom stereocenters. The fourth-order valence-corrected chi connectivity index (χ4v) is 2.75. The van der Waals surface area contributed by atoms with Gasteiger partial charge in [-0.25, -0.2) is 0 Å². The number of hydrogen-bond acceptors (Lipinski definition) is 1. The SMILES string of the molecule is CNC(C)Cc1cccc2cc(C)n(C(C)C)c12. The Morgan fingerprint density at radius 3 is 2.56 bits per heavy atom. The van der Waals surface area contributed by atoms with Gasteiger partial charge in [-0.2, -0.15) is 0 Å². The number of hydrogen-bond donors (Lipinski definition) is 1. The zero-order valence-corrected chi connectivity index (χ0v) is 12.1. The molecule has 1 atom stereocenters. The van der Waals surface area contributed by atoms with Crippen LogP contribution >= 0.6 is 0 Å². The fourth-order valence-electron chi connectivity index (χ4n) is 2.75. The normalized spacial score (nSPS) is 13.4. The molecule has 0 aliphatic carbocycles. The third kappa shape index (κ3) is 2.30. The van der Waals surface area contributed by atoms with E-state index in [2.05, 4.69) is 61.8 Å². The van der Waals surface area contributed by atoms with E-state index in [9.17, 15) is 0 Å². The first-order chi connectivity index (χ1) is 8.54. The number of nitrogens with zero attached hydrogens (tertiary/aromatic N) is 1. The van der Waals surface area contributed by atoms with E-state index >= 15 is 0 Å². The summed E-state index contributed by atoms with van der Waals surface area (Å²) in [7, 11) is 2.03. The molecule has 0 saturated carbocycles. The molecule has 0 spiro atoms. The van der Waals surface area contributed by atoms with Crippen LogP contribution in [-0.4, -0.2) is 17.7 Å². The number of benzene rings is 1. The molecule has 0 saturated heterocycles. The summed E-state index contributed by atoms with van der Waals surface area (Å²) in [6, 6.07) is 9.95. The van der Waals surface area contributed by atoms with Crippen LogP contribution < -0.4 is 5.32 Å². The van der Waals surface area contributed by atoms with Crippen molar-refractivity contribution in [2.75, 3.05) is 7.05 Å². The molecule has 1 N–H and O–H groups in total. The molecular formula is C16H24N2. The van der Waals surface area contributed by atoms with Crippen molar-refractivity contribution in [2.24, 2.45) is 0 Å². The minimum absolute atomic E-state index is 0.506. The van der Waals surface area contributed by atoms with E-state index < -0.39 is 0 Å². The quantitative estimate of drug-likeness (QED) is 0.868. The Kier molecular flexibility index (Phi) is 3.76. The maximum Gasteiger partial charge on any atom is 0.0517 e. The highest BCUT2D eigenvalue weighted by Crippen LogP contribution is 2.27.